The van der Waals surface area contributed by atoms with Crippen LogP contribution in [-0.2, 0) is 10.3 Å². The Balaban J connectivity index is 1.20. The van der Waals surface area contributed by atoms with E-state index in [1.807, 2.05) is 36.4 Å². The highest BCUT2D eigenvalue weighted by atomic mass is 16.5. The van der Waals surface area contributed by atoms with Crippen LogP contribution in [0.3, 0.4) is 0 Å². The van der Waals surface area contributed by atoms with E-state index in [2.05, 4.69) is 16.3 Å². The molecular weight excluding hydrogens is 420 g/mol. The normalized spacial score (nSPS) is 21.2. The molecule has 7 heteroatoms. The Morgan fingerprint density at radius 2 is 2.12 bits per heavy atom. The zero-order chi connectivity index (χ0) is 22.7. The van der Waals surface area contributed by atoms with E-state index in [9.17, 15) is 9.90 Å². The highest BCUT2D eigenvalue weighted by Gasteiger charge is 2.34. The van der Waals surface area contributed by atoms with Crippen molar-refractivity contribution >= 4 is 23.0 Å². The topological polar surface area (TPSA) is 88.1 Å². The highest BCUT2D eigenvalue weighted by Crippen LogP contribution is 2.35. The lowest BCUT2D eigenvalue weighted by atomic mass is 9.84. The lowest BCUT2D eigenvalue weighted by Gasteiger charge is -2.38. The van der Waals surface area contributed by atoms with Crippen molar-refractivity contribution in [1.82, 2.24) is 10.2 Å². The van der Waals surface area contributed by atoms with Gasteiger partial charge in [-0.2, -0.15) is 0 Å². The molecule has 1 aromatic carbocycles. The lowest BCUT2D eigenvalue weighted by Crippen LogP contribution is -2.42. The summed E-state index contributed by atoms with van der Waals surface area (Å²) in [5.74, 6) is 0.889. The van der Waals surface area contributed by atoms with Gasteiger partial charge in [-0.1, -0.05) is 12.1 Å². The average molecular weight is 451 g/mol. The van der Waals surface area contributed by atoms with E-state index in [4.69, 9.17) is 13.6 Å². The highest BCUT2D eigenvalue weighted by molar-refractivity contribution is 5.96. The van der Waals surface area contributed by atoms with Crippen LogP contribution < -0.4 is 5.32 Å². The number of hydrogen-bond acceptors (Lipinski definition) is 6. The largest absolute Gasteiger partial charge is 0.465 e. The van der Waals surface area contributed by atoms with Crippen LogP contribution in [0.4, 0.5) is 0 Å². The molecule has 7 nitrogen and oxygen atoms in total. The monoisotopic (exact) mass is 450 g/mol. The number of carbonyl (C=O) groups is 1. The fourth-order valence-corrected chi connectivity index (χ4v) is 4.64. The van der Waals surface area contributed by atoms with Crippen LogP contribution in [0.2, 0.25) is 0 Å². The molecule has 0 radical (unpaired) electrons. The second-order valence-electron chi connectivity index (χ2n) is 8.96. The minimum atomic E-state index is -0.880. The smallest absolute Gasteiger partial charge is 0.287 e. The molecule has 0 aliphatic carbocycles. The number of furan rings is 2. The Labute approximate surface area is 193 Å². The lowest BCUT2D eigenvalue weighted by molar-refractivity contribution is -0.0232. The van der Waals surface area contributed by atoms with Crippen LogP contribution in [0.1, 0.15) is 47.6 Å². The summed E-state index contributed by atoms with van der Waals surface area (Å²) in [5.41, 5.74) is 0.632. The number of ether oxygens (including phenoxy) is 1. The summed E-state index contributed by atoms with van der Waals surface area (Å²) in [6, 6.07) is 11.3. The first-order chi connectivity index (χ1) is 16.1. The third-order valence-electron chi connectivity index (χ3n) is 6.66. The van der Waals surface area contributed by atoms with Crippen LogP contribution in [0.5, 0.6) is 0 Å². The van der Waals surface area contributed by atoms with Gasteiger partial charge in [0.05, 0.1) is 18.0 Å². The summed E-state index contributed by atoms with van der Waals surface area (Å²) in [5, 5.41) is 15.1. The van der Waals surface area contributed by atoms with E-state index in [0.29, 0.717) is 25.0 Å². The van der Waals surface area contributed by atoms with Gasteiger partial charge in [-0.15, -0.1) is 0 Å². The zero-order valence-electron chi connectivity index (χ0n) is 18.7. The third-order valence-corrected chi connectivity index (χ3v) is 6.66. The van der Waals surface area contributed by atoms with E-state index in [0.717, 1.165) is 55.8 Å². The second kappa shape index (κ2) is 9.55. The maximum Gasteiger partial charge on any atom is 0.287 e. The number of rotatable bonds is 7. The van der Waals surface area contributed by atoms with E-state index in [1.54, 1.807) is 12.3 Å². The Bertz CT molecular complexity index is 1100. The molecule has 0 unspecified atom stereocenters. The third kappa shape index (κ3) is 5.05. The summed E-state index contributed by atoms with van der Waals surface area (Å²) in [7, 11) is 0. The second-order valence-corrected chi connectivity index (χ2v) is 8.96. The van der Waals surface area contributed by atoms with Crippen LogP contribution >= 0.6 is 0 Å². The fraction of sp³-hybridized carbons (Fsp3) is 0.423. The Hall–Kier alpha value is -2.87. The molecule has 174 valence electrons. The minimum absolute atomic E-state index is 0.0886. The van der Waals surface area contributed by atoms with Gasteiger partial charge in [0.2, 0.25) is 0 Å². The van der Waals surface area contributed by atoms with Gasteiger partial charge in [-0.05, 0) is 67.7 Å². The first-order valence-corrected chi connectivity index (χ1v) is 11.7. The maximum atomic E-state index is 12.5. The van der Waals surface area contributed by atoms with Crippen molar-refractivity contribution in [3.05, 3.63) is 65.8 Å². The molecule has 0 bridgehead atoms. The van der Waals surface area contributed by atoms with Crippen molar-refractivity contribution in [3.8, 4) is 0 Å². The van der Waals surface area contributed by atoms with Crippen LogP contribution in [0.15, 0.2) is 57.6 Å². The molecule has 2 N–H and O–H groups in total. The van der Waals surface area contributed by atoms with Gasteiger partial charge in [-0.3, -0.25) is 9.69 Å². The molecule has 2 fully saturated rings. The summed E-state index contributed by atoms with van der Waals surface area (Å²) >= 11 is 0. The maximum absolute atomic E-state index is 12.5. The van der Waals surface area contributed by atoms with Crippen LogP contribution in [0.25, 0.3) is 17.0 Å². The van der Waals surface area contributed by atoms with E-state index < -0.39 is 5.60 Å². The van der Waals surface area contributed by atoms with Gasteiger partial charge in [0.1, 0.15) is 11.3 Å². The Morgan fingerprint density at radius 1 is 1.24 bits per heavy atom. The SMILES string of the molecule is O=C(NC[C@@H]1CCCO1)c1cc2cc(C3(O)CCN(C/C=C/c4ccco4)CC3)ccc2o1. The molecule has 0 spiro atoms. The molecule has 1 atom stereocenters. The number of aliphatic hydroxyl groups is 1. The predicted molar refractivity (Wildman–Crippen MR) is 125 cm³/mol. The Morgan fingerprint density at radius 3 is 2.88 bits per heavy atom. The molecule has 5 rings (SSSR count). The predicted octanol–water partition coefficient (Wildman–Crippen LogP) is 3.93. The molecule has 2 aromatic heterocycles. The van der Waals surface area contributed by atoms with Crippen molar-refractivity contribution in [2.45, 2.75) is 37.4 Å². The van der Waals surface area contributed by atoms with E-state index in [1.165, 1.54) is 0 Å². The molecule has 2 saturated heterocycles. The van der Waals surface area contributed by atoms with Gasteiger partial charge in [-0.25, -0.2) is 0 Å². The zero-order valence-corrected chi connectivity index (χ0v) is 18.7. The fourth-order valence-electron chi connectivity index (χ4n) is 4.64. The van der Waals surface area contributed by atoms with E-state index in [-0.39, 0.29) is 17.8 Å². The first kappa shape index (κ1) is 21.9. The summed E-state index contributed by atoms with van der Waals surface area (Å²) in [6.45, 7) is 3.69. The van der Waals surface area contributed by atoms with E-state index >= 15 is 0 Å². The quantitative estimate of drug-likeness (QED) is 0.567. The molecule has 1 amide bonds. The summed E-state index contributed by atoms with van der Waals surface area (Å²) < 4.78 is 16.6. The van der Waals surface area contributed by atoms with Gasteiger partial charge in [0, 0.05) is 38.2 Å². The number of likely N-dealkylation sites (tertiary alicyclic amines) is 1. The number of benzene rings is 1. The molecule has 33 heavy (non-hydrogen) atoms. The molecule has 3 aromatic rings. The molecular formula is C26H30N2O5. The van der Waals surface area contributed by atoms with Crippen LogP contribution in [0, 0.1) is 0 Å². The molecule has 4 heterocycles. The molecule has 0 saturated carbocycles. The van der Waals surface area contributed by atoms with Gasteiger partial charge in [0.15, 0.2) is 5.76 Å². The van der Waals surface area contributed by atoms with Crippen molar-refractivity contribution in [1.29, 1.82) is 0 Å². The minimum Gasteiger partial charge on any atom is -0.465 e. The number of hydrogen-bond donors (Lipinski definition) is 2. The first-order valence-electron chi connectivity index (χ1n) is 11.7. The number of nitrogens with one attached hydrogen (secondary N) is 1. The number of carbonyl (C=O) groups excluding carboxylic acids is 1. The number of nitrogens with zero attached hydrogens (tertiary/aromatic N) is 1. The standard InChI is InChI=1S/C26H30N2O5/c29-25(27-18-22-6-3-15-32-22)24-17-19-16-20(7-8-23(19)33-24)26(30)9-12-28(13-10-26)11-1-4-21-5-2-14-31-21/h1-2,4-5,7-8,14,16-17,22,30H,3,6,9-13,15,18H2,(H,27,29)/b4-1+/t22-/m0/s1. The van der Waals surface area contributed by atoms with Gasteiger partial charge < -0.3 is 24.0 Å². The van der Waals surface area contributed by atoms with Gasteiger partial charge in [0.25, 0.3) is 5.91 Å². The van der Waals surface area contributed by atoms with Crippen molar-refractivity contribution < 1.29 is 23.5 Å². The summed E-state index contributed by atoms with van der Waals surface area (Å²) in [4.78, 5) is 14.8. The van der Waals surface area contributed by atoms with Crippen molar-refractivity contribution in [3.63, 3.8) is 0 Å². The van der Waals surface area contributed by atoms with Crippen molar-refractivity contribution in [2.75, 3.05) is 32.8 Å². The number of amides is 1. The van der Waals surface area contributed by atoms with Crippen molar-refractivity contribution in [2.24, 2.45) is 0 Å². The number of piperidine rings is 1. The molecule has 2 aliphatic rings. The van der Waals surface area contributed by atoms with Gasteiger partial charge >= 0.3 is 0 Å². The average Bonchev–Trinajstić information content (AvgIpc) is 3.60. The molecule has 2 aliphatic heterocycles. The number of fused-ring (bicyclic) bond motifs is 1. The van der Waals surface area contributed by atoms with Crippen LogP contribution in [-0.4, -0.2) is 54.8 Å². The Kier molecular flexibility index (Phi) is 6.35. The summed E-state index contributed by atoms with van der Waals surface area (Å²) in [6.07, 6.45) is 9.13.